The van der Waals surface area contributed by atoms with Crippen LogP contribution in [0.1, 0.15) is 51.9 Å². The Morgan fingerprint density at radius 2 is 1.96 bits per heavy atom. The van der Waals surface area contributed by atoms with Crippen molar-refractivity contribution in [2.24, 2.45) is 11.8 Å². The van der Waals surface area contributed by atoms with Crippen molar-refractivity contribution in [2.75, 3.05) is 32.7 Å². The molecule has 0 aromatic carbocycles. The SMILES string of the molecule is CC(CC(=O)NCCC(=O)N1CCCCC1)C1CCCNC1.Cl. The first-order chi connectivity index (χ1) is 10.7. The second kappa shape index (κ2) is 10.9. The molecule has 2 amide bonds. The van der Waals surface area contributed by atoms with E-state index < -0.39 is 0 Å². The third-order valence-electron chi connectivity index (χ3n) is 5.02. The fourth-order valence-corrected chi connectivity index (χ4v) is 3.51. The van der Waals surface area contributed by atoms with Gasteiger partial charge in [-0.15, -0.1) is 12.4 Å². The summed E-state index contributed by atoms with van der Waals surface area (Å²) in [7, 11) is 0. The molecule has 134 valence electrons. The minimum Gasteiger partial charge on any atom is -0.356 e. The van der Waals surface area contributed by atoms with Crippen molar-refractivity contribution in [1.29, 1.82) is 0 Å². The lowest BCUT2D eigenvalue weighted by Gasteiger charge is -2.28. The van der Waals surface area contributed by atoms with Crippen molar-refractivity contribution in [1.82, 2.24) is 15.5 Å². The second-order valence-corrected chi connectivity index (χ2v) is 6.83. The fourth-order valence-electron chi connectivity index (χ4n) is 3.51. The van der Waals surface area contributed by atoms with Crippen LogP contribution in [0.4, 0.5) is 0 Å². The molecule has 6 heteroatoms. The Bertz CT molecular complexity index is 367. The number of rotatable bonds is 6. The van der Waals surface area contributed by atoms with Gasteiger partial charge in [-0.3, -0.25) is 9.59 Å². The molecule has 0 bridgehead atoms. The van der Waals surface area contributed by atoms with E-state index in [0.717, 1.165) is 39.0 Å². The molecule has 0 saturated carbocycles. The molecule has 2 aliphatic heterocycles. The zero-order chi connectivity index (χ0) is 15.8. The van der Waals surface area contributed by atoms with Crippen molar-refractivity contribution in [2.45, 2.75) is 51.9 Å². The van der Waals surface area contributed by atoms with Gasteiger partial charge in [0, 0.05) is 32.5 Å². The van der Waals surface area contributed by atoms with E-state index in [-0.39, 0.29) is 24.2 Å². The first-order valence-corrected chi connectivity index (χ1v) is 8.92. The number of amides is 2. The molecule has 0 aromatic rings. The molecular weight excluding hydrogens is 314 g/mol. The van der Waals surface area contributed by atoms with E-state index in [2.05, 4.69) is 17.6 Å². The largest absolute Gasteiger partial charge is 0.356 e. The summed E-state index contributed by atoms with van der Waals surface area (Å²) in [5.74, 6) is 1.29. The summed E-state index contributed by atoms with van der Waals surface area (Å²) >= 11 is 0. The van der Waals surface area contributed by atoms with Gasteiger partial charge in [0.15, 0.2) is 0 Å². The molecule has 2 atom stereocenters. The van der Waals surface area contributed by atoms with Crippen LogP contribution in [-0.4, -0.2) is 49.4 Å². The molecule has 23 heavy (non-hydrogen) atoms. The van der Waals surface area contributed by atoms with Gasteiger partial charge in [0.1, 0.15) is 0 Å². The number of nitrogens with zero attached hydrogens (tertiary/aromatic N) is 1. The molecule has 2 aliphatic rings. The van der Waals surface area contributed by atoms with Crippen molar-refractivity contribution < 1.29 is 9.59 Å². The monoisotopic (exact) mass is 345 g/mol. The van der Waals surface area contributed by atoms with Gasteiger partial charge in [-0.05, 0) is 57.0 Å². The minimum absolute atomic E-state index is 0. The van der Waals surface area contributed by atoms with Crippen LogP contribution >= 0.6 is 12.4 Å². The van der Waals surface area contributed by atoms with Crippen molar-refractivity contribution in [3.8, 4) is 0 Å². The topological polar surface area (TPSA) is 61.4 Å². The number of halogens is 1. The predicted octanol–water partition coefficient (Wildman–Crippen LogP) is 1.95. The van der Waals surface area contributed by atoms with Gasteiger partial charge < -0.3 is 15.5 Å². The van der Waals surface area contributed by atoms with Crippen LogP contribution in [0.5, 0.6) is 0 Å². The lowest BCUT2D eigenvalue weighted by molar-refractivity contribution is -0.132. The Kier molecular flexibility index (Phi) is 9.56. The summed E-state index contributed by atoms with van der Waals surface area (Å²) in [6.45, 7) is 6.55. The highest BCUT2D eigenvalue weighted by molar-refractivity contribution is 5.85. The van der Waals surface area contributed by atoms with Crippen LogP contribution in [0, 0.1) is 11.8 Å². The predicted molar refractivity (Wildman–Crippen MR) is 94.7 cm³/mol. The van der Waals surface area contributed by atoms with Crippen LogP contribution in [0.15, 0.2) is 0 Å². The minimum atomic E-state index is 0. The first kappa shape index (κ1) is 20.2. The highest BCUT2D eigenvalue weighted by atomic mass is 35.5. The standard InChI is InChI=1S/C17H31N3O2.ClH/c1-14(15-6-5-8-18-13-15)12-16(21)19-9-7-17(22)20-10-3-2-4-11-20;/h14-15,18H,2-13H2,1H3,(H,19,21);1H. The van der Waals surface area contributed by atoms with E-state index in [4.69, 9.17) is 0 Å². The smallest absolute Gasteiger partial charge is 0.224 e. The van der Waals surface area contributed by atoms with E-state index in [9.17, 15) is 9.59 Å². The summed E-state index contributed by atoms with van der Waals surface area (Å²) in [5.41, 5.74) is 0. The third kappa shape index (κ3) is 7.08. The quantitative estimate of drug-likeness (QED) is 0.773. The van der Waals surface area contributed by atoms with Crippen molar-refractivity contribution >= 4 is 24.2 Å². The Labute approximate surface area is 146 Å². The van der Waals surface area contributed by atoms with Crippen LogP contribution in [0.25, 0.3) is 0 Å². The molecule has 0 aromatic heterocycles. The van der Waals surface area contributed by atoms with Crippen LogP contribution in [-0.2, 0) is 9.59 Å². The van der Waals surface area contributed by atoms with Crippen LogP contribution < -0.4 is 10.6 Å². The number of piperidine rings is 2. The highest BCUT2D eigenvalue weighted by Gasteiger charge is 2.22. The summed E-state index contributed by atoms with van der Waals surface area (Å²) in [6.07, 6.45) is 6.90. The number of carbonyl (C=O) groups excluding carboxylic acids is 2. The molecule has 2 unspecified atom stereocenters. The lowest BCUT2D eigenvalue weighted by Crippen LogP contribution is -2.38. The molecule has 0 aliphatic carbocycles. The van der Waals surface area contributed by atoms with Crippen LogP contribution in [0.2, 0.25) is 0 Å². The number of hydrogen-bond donors (Lipinski definition) is 2. The summed E-state index contributed by atoms with van der Waals surface area (Å²) in [4.78, 5) is 25.9. The van der Waals surface area contributed by atoms with Gasteiger partial charge in [-0.2, -0.15) is 0 Å². The van der Waals surface area contributed by atoms with E-state index in [0.29, 0.717) is 31.2 Å². The number of hydrogen-bond acceptors (Lipinski definition) is 3. The molecule has 0 spiro atoms. The van der Waals surface area contributed by atoms with Gasteiger partial charge in [-0.25, -0.2) is 0 Å². The van der Waals surface area contributed by atoms with Gasteiger partial charge >= 0.3 is 0 Å². The maximum Gasteiger partial charge on any atom is 0.224 e. The summed E-state index contributed by atoms with van der Waals surface area (Å²) in [6, 6.07) is 0. The zero-order valence-electron chi connectivity index (χ0n) is 14.3. The Morgan fingerprint density at radius 3 is 2.61 bits per heavy atom. The van der Waals surface area contributed by atoms with Crippen LogP contribution in [0.3, 0.4) is 0 Å². The fraction of sp³-hybridized carbons (Fsp3) is 0.882. The molecule has 2 heterocycles. The average molecular weight is 346 g/mol. The van der Waals surface area contributed by atoms with E-state index >= 15 is 0 Å². The molecule has 2 N–H and O–H groups in total. The number of carbonyl (C=O) groups is 2. The van der Waals surface area contributed by atoms with Crippen molar-refractivity contribution in [3.05, 3.63) is 0 Å². The first-order valence-electron chi connectivity index (χ1n) is 8.92. The summed E-state index contributed by atoms with van der Waals surface area (Å²) < 4.78 is 0. The molecule has 2 saturated heterocycles. The number of likely N-dealkylation sites (tertiary alicyclic amines) is 1. The maximum absolute atomic E-state index is 12.0. The highest BCUT2D eigenvalue weighted by Crippen LogP contribution is 2.22. The molecule has 2 rings (SSSR count). The van der Waals surface area contributed by atoms with E-state index in [1.54, 1.807) is 0 Å². The average Bonchev–Trinajstić information content (AvgIpc) is 2.56. The van der Waals surface area contributed by atoms with Gasteiger partial charge in [0.2, 0.25) is 11.8 Å². The Hall–Kier alpha value is -0.810. The Morgan fingerprint density at radius 1 is 1.22 bits per heavy atom. The van der Waals surface area contributed by atoms with E-state index in [1.165, 1.54) is 19.3 Å². The van der Waals surface area contributed by atoms with Gasteiger partial charge in [0.25, 0.3) is 0 Å². The lowest BCUT2D eigenvalue weighted by atomic mass is 9.85. The molecule has 0 radical (unpaired) electrons. The third-order valence-corrected chi connectivity index (χ3v) is 5.02. The molecule has 5 nitrogen and oxygen atoms in total. The van der Waals surface area contributed by atoms with Gasteiger partial charge in [0.05, 0.1) is 0 Å². The normalized spacial score (nSPS) is 22.8. The zero-order valence-corrected chi connectivity index (χ0v) is 15.1. The molecular formula is C17H32ClN3O2. The molecule has 2 fully saturated rings. The number of nitrogens with one attached hydrogen (secondary N) is 2. The maximum atomic E-state index is 12.0. The second-order valence-electron chi connectivity index (χ2n) is 6.83. The van der Waals surface area contributed by atoms with Gasteiger partial charge in [-0.1, -0.05) is 6.92 Å². The Balaban J connectivity index is 0.00000264. The summed E-state index contributed by atoms with van der Waals surface area (Å²) in [5, 5.41) is 6.32. The van der Waals surface area contributed by atoms with E-state index in [1.807, 2.05) is 4.90 Å². The van der Waals surface area contributed by atoms with Crippen molar-refractivity contribution in [3.63, 3.8) is 0 Å².